The molecule has 1 aromatic heterocycles. The second-order valence-corrected chi connectivity index (χ2v) is 4.12. The summed E-state index contributed by atoms with van der Waals surface area (Å²) in [4.78, 5) is 27.0. The van der Waals surface area contributed by atoms with Crippen LogP contribution < -0.4 is 10.3 Å². The SMILES string of the molecule is O=c1[nH]cnc(Oc2ccc([N+](=O)[O-])cc2F)c1Br. The van der Waals surface area contributed by atoms with Gasteiger partial charge in [0, 0.05) is 6.07 Å². The Morgan fingerprint density at radius 2 is 2.21 bits per heavy atom. The summed E-state index contributed by atoms with van der Waals surface area (Å²) in [6, 6.07) is 2.89. The molecule has 0 aliphatic rings. The summed E-state index contributed by atoms with van der Waals surface area (Å²) < 4.78 is 18.6. The maximum atomic E-state index is 13.6. The van der Waals surface area contributed by atoms with Crippen molar-refractivity contribution >= 4 is 21.6 Å². The van der Waals surface area contributed by atoms with Crippen LogP contribution in [0.1, 0.15) is 0 Å². The third kappa shape index (κ3) is 2.76. The Labute approximate surface area is 113 Å². The zero-order chi connectivity index (χ0) is 14.0. The first-order valence-electron chi connectivity index (χ1n) is 4.84. The van der Waals surface area contributed by atoms with Crippen molar-refractivity contribution in [2.24, 2.45) is 0 Å². The monoisotopic (exact) mass is 329 g/mol. The van der Waals surface area contributed by atoms with Crippen molar-refractivity contribution in [3.63, 3.8) is 0 Å². The number of ether oxygens (including phenoxy) is 1. The van der Waals surface area contributed by atoms with Crippen LogP contribution in [0.15, 0.2) is 33.8 Å². The molecule has 0 aliphatic heterocycles. The highest BCUT2D eigenvalue weighted by atomic mass is 79.9. The lowest BCUT2D eigenvalue weighted by Gasteiger charge is -2.06. The lowest BCUT2D eigenvalue weighted by molar-refractivity contribution is -0.385. The van der Waals surface area contributed by atoms with E-state index < -0.39 is 22.0 Å². The molecule has 0 amide bonds. The highest BCUT2D eigenvalue weighted by Crippen LogP contribution is 2.28. The van der Waals surface area contributed by atoms with E-state index in [-0.39, 0.29) is 16.1 Å². The van der Waals surface area contributed by atoms with Crippen molar-refractivity contribution in [3.05, 3.63) is 55.3 Å². The molecule has 1 N–H and O–H groups in total. The summed E-state index contributed by atoms with van der Waals surface area (Å²) in [7, 11) is 0. The van der Waals surface area contributed by atoms with E-state index in [1.807, 2.05) is 0 Å². The molecule has 0 unspecified atom stereocenters. The molecule has 19 heavy (non-hydrogen) atoms. The Bertz CT molecular complexity index is 703. The van der Waals surface area contributed by atoms with Gasteiger partial charge in [0.2, 0.25) is 5.88 Å². The number of benzene rings is 1. The lowest BCUT2D eigenvalue weighted by atomic mass is 10.3. The van der Waals surface area contributed by atoms with E-state index >= 15 is 0 Å². The van der Waals surface area contributed by atoms with E-state index in [9.17, 15) is 19.3 Å². The van der Waals surface area contributed by atoms with Gasteiger partial charge < -0.3 is 9.72 Å². The summed E-state index contributed by atoms with van der Waals surface area (Å²) >= 11 is 2.94. The summed E-state index contributed by atoms with van der Waals surface area (Å²) in [5.74, 6) is -1.34. The number of nitro benzene ring substituents is 1. The van der Waals surface area contributed by atoms with Gasteiger partial charge in [0.1, 0.15) is 4.47 Å². The molecule has 0 radical (unpaired) electrons. The fraction of sp³-hybridized carbons (Fsp3) is 0. The van der Waals surface area contributed by atoms with Gasteiger partial charge in [-0.2, -0.15) is 0 Å². The molecule has 9 heteroatoms. The number of hydrogen-bond donors (Lipinski definition) is 1. The number of halogens is 2. The Hall–Kier alpha value is -2.29. The number of aromatic nitrogens is 2. The molecule has 0 spiro atoms. The number of hydrogen-bond acceptors (Lipinski definition) is 5. The molecule has 2 aromatic rings. The van der Waals surface area contributed by atoms with Crippen LogP contribution in [0, 0.1) is 15.9 Å². The summed E-state index contributed by atoms with van der Waals surface area (Å²) in [6.45, 7) is 0. The molecule has 0 fully saturated rings. The Morgan fingerprint density at radius 1 is 1.47 bits per heavy atom. The Kier molecular flexibility index (Phi) is 3.56. The van der Waals surface area contributed by atoms with E-state index in [0.717, 1.165) is 24.5 Å². The minimum atomic E-state index is -0.928. The topological polar surface area (TPSA) is 98.1 Å². The van der Waals surface area contributed by atoms with Gasteiger partial charge in [-0.05, 0) is 22.0 Å². The second-order valence-electron chi connectivity index (χ2n) is 3.32. The smallest absolute Gasteiger partial charge is 0.272 e. The number of rotatable bonds is 3. The van der Waals surface area contributed by atoms with Crippen LogP contribution in [0.3, 0.4) is 0 Å². The van der Waals surface area contributed by atoms with E-state index in [2.05, 4.69) is 25.9 Å². The van der Waals surface area contributed by atoms with Gasteiger partial charge in [-0.3, -0.25) is 14.9 Å². The largest absolute Gasteiger partial charge is 0.435 e. The quantitative estimate of drug-likeness (QED) is 0.688. The minimum absolute atomic E-state index is 0.00671. The van der Waals surface area contributed by atoms with Gasteiger partial charge in [-0.15, -0.1) is 0 Å². The van der Waals surface area contributed by atoms with Gasteiger partial charge in [-0.1, -0.05) is 0 Å². The molecule has 0 atom stereocenters. The molecule has 0 bridgehead atoms. The van der Waals surface area contributed by atoms with Gasteiger partial charge >= 0.3 is 0 Å². The van der Waals surface area contributed by atoms with E-state index in [4.69, 9.17) is 4.74 Å². The first kappa shape index (κ1) is 13.1. The fourth-order valence-corrected chi connectivity index (χ4v) is 1.53. The van der Waals surface area contributed by atoms with Crippen LogP contribution in [0.5, 0.6) is 11.6 Å². The van der Waals surface area contributed by atoms with Gasteiger partial charge in [-0.25, -0.2) is 9.37 Å². The van der Waals surface area contributed by atoms with Crippen LogP contribution in [-0.2, 0) is 0 Å². The van der Waals surface area contributed by atoms with Crippen LogP contribution in [0.2, 0.25) is 0 Å². The third-order valence-electron chi connectivity index (χ3n) is 2.10. The number of non-ortho nitro benzene ring substituents is 1. The van der Waals surface area contributed by atoms with E-state index in [1.54, 1.807) is 0 Å². The van der Waals surface area contributed by atoms with Gasteiger partial charge in [0.15, 0.2) is 11.6 Å². The molecular weight excluding hydrogens is 325 g/mol. The van der Waals surface area contributed by atoms with Crippen molar-refractivity contribution in [3.8, 4) is 11.6 Å². The van der Waals surface area contributed by atoms with Gasteiger partial charge in [0.25, 0.3) is 11.2 Å². The van der Waals surface area contributed by atoms with Crippen LogP contribution in [0.25, 0.3) is 0 Å². The van der Waals surface area contributed by atoms with Crippen LogP contribution in [-0.4, -0.2) is 14.9 Å². The Balaban J connectivity index is 2.36. The zero-order valence-corrected chi connectivity index (χ0v) is 10.7. The first-order valence-corrected chi connectivity index (χ1v) is 5.63. The standard InChI is InChI=1S/C10H5BrFN3O4/c11-8-9(16)13-4-14-10(8)19-7-2-1-5(15(17)18)3-6(7)12/h1-4H,(H,13,14,16). The molecule has 2 rings (SSSR count). The average molecular weight is 330 g/mol. The Morgan fingerprint density at radius 3 is 2.84 bits per heavy atom. The summed E-state index contributed by atoms with van der Waals surface area (Å²) in [5.41, 5.74) is -0.893. The number of nitro groups is 1. The third-order valence-corrected chi connectivity index (χ3v) is 2.80. The number of aromatic amines is 1. The molecular formula is C10H5BrFN3O4. The lowest BCUT2D eigenvalue weighted by Crippen LogP contribution is -2.08. The normalized spacial score (nSPS) is 10.2. The maximum Gasteiger partial charge on any atom is 0.272 e. The van der Waals surface area contributed by atoms with Crippen LogP contribution in [0.4, 0.5) is 10.1 Å². The molecule has 1 heterocycles. The molecule has 1 aromatic carbocycles. The first-order chi connectivity index (χ1) is 8.99. The molecule has 0 aliphatic carbocycles. The summed E-state index contributed by atoms with van der Waals surface area (Å²) in [6.07, 6.45) is 1.09. The van der Waals surface area contributed by atoms with Crippen LogP contribution >= 0.6 is 15.9 Å². The van der Waals surface area contributed by atoms with Crippen molar-refractivity contribution in [2.45, 2.75) is 0 Å². The van der Waals surface area contributed by atoms with E-state index in [0.29, 0.717) is 0 Å². The van der Waals surface area contributed by atoms with Crippen molar-refractivity contribution in [1.29, 1.82) is 0 Å². The van der Waals surface area contributed by atoms with Crippen molar-refractivity contribution in [1.82, 2.24) is 9.97 Å². The van der Waals surface area contributed by atoms with Gasteiger partial charge in [0.05, 0.1) is 17.3 Å². The fourth-order valence-electron chi connectivity index (χ4n) is 1.23. The number of H-pyrrole nitrogens is 1. The highest BCUT2D eigenvalue weighted by Gasteiger charge is 2.14. The molecule has 98 valence electrons. The zero-order valence-electron chi connectivity index (χ0n) is 9.09. The molecule has 0 saturated heterocycles. The van der Waals surface area contributed by atoms with Crippen molar-refractivity contribution in [2.75, 3.05) is 0 Å². The second kappa shape index (κ2) is 5.14. The molecule has 0 saturated carbocycles. The number of nitrogens with one attached hydrogen (secondary N) is 1. The summed E-state index contributed by atoms with van der Waals surface area (Å²) in [5, 5.41) is 10.5. The highest BCUT2D eigenvalue weighted by molar-refractivity contribution is 9.10. The average Bonchev–Trinajstić information content (AvgIpc) is 2.37. The van der Waals surface area contributed by atoms with Crippen molar-refractivity contribution < 1.29 is 14.1 Å². The maximum absolute atomic E-state index is 13.6. The molecule has 7 nitrogen and oxygen atoms in total. The number of nitrogens with zero attached hydrogens (tertiary/aromatic N) is 2. The van der Waals surface area contributed by atoms with E-state index in [1.165, 1.54) is 0 Å². The minimum Gasteiger partial charge on any atom is -0.435 e. The predicted molar refractivity (Wildman–Crippen MR) is 65.7 cm³/mol. The predicted octanol–water partition coefficient (Wildman–Crippen LogP) is 2.37.